The minimum Gasteiger partial charge on any atom is -0.396 e. The van der Waals surface area contributed by atoms with Crippen molar-refractivity contribution >= 4 is 5.69 Å². The van der Waals surface area contributed by atoms with Crippen molar-refractivity contribution in [3.8, 4) is 11.8 Å². The van der Waals surface area contributed by atoms with Gasteiger partial charge in [-0.1, -0.05) is 29.2 Å². The van der Waals surface area contributed by atoms with Crippen LogP contribution >= 0.6 is 0 Å². The Morgan fingerprint density at radius 3 is 2.75 bits per heavy atom. The van der Waals surface area contributed by atoms with Crippen LogP contribution in [-0.2, 0) is 0 Å². The normalized spacial score (nSPS) is 15.2. The number of piperidine rings is 1. The van der Waals surface area contributed by atoms with Gasteiger partial charge in [0.1, 0.15) is 5.69 Å². The molecule has 1 N–H and O–H groups in total. The minimum absolute atomic E-state index is 0.186. The lowest BCUT2D eigenvalue weighted by molar-refractivity contribution is 0.224. The molecule has 2 rings (SSSR count). The van der Waals surface area contributed by atoms with Crippen molar-refractivity contribution < 1.29 is 5.11 Å². The number of hydrogen-bond donors (Lipinski definition) is 1. The van der Waals surface area contributed by atoms with Gasteiger partial charge in [0.2, 0.25) is 0 Å². The Balaban J connectivity index is 2.02. The maximum absolute atomic E-state index is 8.74. The number of hydrogen-bond acceptors (Lipinski definition) is 3. The van der Waals surface area contributed by atoms with Gasteiger partial charge in [0, 0.05) is 26.1 Å². The third-order valence-electron chi connectivity index (χ3n) is 3.20. The quantitative estimate of drug-likeness (QED) is 0.519. The predicted octanol–water partition coefficient (Wildman–Crippen LogP) is 3.30. The van der Waals surface area contributed by atoms with Crippen LogP contribution < -0.4 is 0 Å². The van der Waals surface area contributed by atoms with E-state index in [1.807, 2.05) is 29.3 Å². The second-order valence-corrected chi connectivity index (χ2v) is 4.85. The molecular weight excluding hydrogens is 250 g/mol. The molecule has 0 saturated carbocycles. The molecule has 0 bridgehead atoms. The van der Waals surface area contributed by atoms with E-state index >= 15 is 0 Å². The van der Waals surface area contributed by atoms with E-state index in [2.05, 4.69) is 22.2 Å². The molecule has 1 fully saturated rings. The fourth-order valence-corrected chi connectivity index (χ4v) is 2.07. The number of nitrogens with zero attached hydrogens (tertiary/aromatic N) is 3. The van der Waals surface area contributed by atoms with Crippen LogP contribution in [0.15, 0.2) is 34.6 Å². The van der Waals surface area contributed by atoms with Gasteiger partial charge in [-0.25, -0.2) is 0 Å². The van der Waals surface area contributed by atoms with Crippen molar-refractivity contribution in [3.05, 3.63) is 29.8 Å². The number of unbranched alkanes of at least 4 members (excludes halogenated alkanes) is 1. The summed E-state index contributed by atoms with van der Waals surface area (Å²) in [7, 11) is 0. The molecule has 1 aliphatic heterocycles. The highest BCUT2D eigenvalue weighted by atomic mass is 16.2. The predicted molar refractivity (Wildman–Crippen MR) is 79.6 cm³/mol. The maximum atomic E-state index is 8.74. The van der Waals surface area contributed by atoms with Crippen molar-refractivity contribution in [2.75, 3.05) is 19.7 Å². The Labute approximate surface area is 120 Å². The smallest absolute Gasteiger partial charge is 0.103 e. The SMILES string of the molecule is OCCCC#Cc1ccccc1N=NN1CCCCC1. The Bertz CT molecular complexity index is 496. The minimum atomic E-state index is 0.186. The summed E-state index contributed by atoms with van der Waals surface area (Å²) in [6.07, 6.45) is 5.10. The summed E-state index contributed by atoms with van der Waals surface area (Å²) in [6.45, 7) is 2.17. The number of aliphatic hydroxyl groups is 1. The Kier molecular flexibility index (Phi) is 6.07. The van der Waals surface area contributed by atoms with Gasteiger partial charge in [0.15, 0.2) is 0 Å². The second-order valence-electron chi connectivity index (χ2n) is 4.85. The van der Waals surface area contributed by atoms with Gasteiger partial charge in [-0.3, -0.25) is 5.01 Å². The van der Waals surface area contributed by atoms with Gasteiger partial charge in [0.25, 0.3) is 0 Å². The van der Waals surface area contributed by atoms with E-state index in [0.29, 0.717) is 12.8 Å². The lowest BCUT2D eigenvalue weighted by atomic mass is 10.2. The Hall–Kier alpha value is -1.86. The van der Waals surface area contributed by atoms with E-state index in [1.54, 1.807) is 0 Å². The largest absolute Gasteiger partial charge is 0.396 e. The summed E-state index contributed by atoms with van der Waals surface area (Å²) < 4.78 is 0. The van der Waals surface area contributed by atoms with Crippen molar-refractivity contribution in [3.63, 3.8) is 0 Å². The molecule has 0 spiro atoms. The Morgan fingerprint density at radius 1 is 1.15 bits per heavy atom. The fraction of sp³-hybridized carbons (Fsp3) is 0.500. The molecule has 20 heavy (non-hydrogen) atoms. The molecule has 0 atom stereocenters. The highest BCUT2D eigenvalue weighted by molar-refractivity contribution is 5.54. The molecule has 4 heteroatoms. The third-order valence-corrected chi connectivity index (χ3v) is 3.20. The average Bonchev–Trinajstić information content (AvgIpc) is 2.51. The zero-order valence-corrected chi connectivity index (χ0v) is 11.8. The van der Waals surface area contributed by atoms with Gasteiger partial charge in [0.05, 0.1) is 5.56 Å². The molecule has 1 aromatic rings. The van der Waals surface area contributed by atoms with Crippen molar-refractivity contribution in [2.24, 2.45) is 10.3 Å². The molecule has 1 saturated heterocycles. The van der Waals surface area contributed by atoms with Crippen molar-refractivity contribution in [1.82, 2.24) is 5.01 Å². The van der Waals surface area contributed by atoms with Crippen LogP contribution in [0.4, 0.5) is 5.69 Å². The highest BCUT2D eigenvalue weighted by Gasteiger charge is 2.07. The van der Waals surface area contributed by atoms with Crippen LogP contribution in [0.5, 0.6) is 0 Å². The number of rotatable bonds is 4. The van der Waals surface area contributed by atoms with E-state index < -0.39 is 0 Å². The van der Waals surface area contributed by atoms with Crippen molar-refractivity contribution in [1.29, 1.82) is 0 Å². The molecule has 1 aromatic carbocycles. The fourth-order valence-electron chi connectivity index (χ4n) is 2.07. The first-order valence-electron chi connectivity index (χ1n) is 7.25. The van der Waals surface area contributed by atoms with Gasteiger partial charge >= 0.3 is 0 Å². The third kappa shape index (κ3) is 4.67. The zero-order valence-electron chi connectivity index (χ0n) is 11.8. The summed E-state index contributed by atoms with van der Waals surface area (Å²) in [5.41, 5.74) is 1.71. The average molecular weight is 271 g/mol. The van der Waals surface area contributed by atoms with E-state index in [9.17, 15) is 0 Å². The van der Waals surface area contributed by atoms with Crippen LogP contribution in [0.2, 0.25) is 0 Å². The highest BCUT2D eigenvalue weighted by Crippen LogP contribution is 2.19. The molecular formula is C16H21N3O. The molecule has 0 aliphatic carbocycles. The lowest BCUT2D eigenvalue weighted by Gasteiger charge is -2.21. The van der Waals surface area contributed by atoms with Gasteiger partial charge in [-0.2, -0.15) is 0 Å². The standard InChI is InChI=1S/C16H21N3O/c20-14-8-1-3-9-15-10-4-5-11-16(15)17-18-19-12-6-2-7-13-19/h4-5,10-11,20H,1-2,6-8,12-14H2. The van der Waals surface area contributed by atoms with Crippen LogP contribution in [0.25, 0.3) is 0 Å². The molecule has 0 radical (unpaired) electrons. The number of aliphatic hydroxyl groups excluding tert-OH is 1. The van der Waals surface area contributed by atoms with E-state index in [4.69, 9.17) is 5.11 Å². The first-order valence-corrected chi connectivity index (χ1v) is 7.25. The lowest BCUT2D eigenvalue weighted by Crippen LogP contribution is -2.23. The topological polar surface area (TPSA) is 48.2 Å². The molecule has 0 aromatic heterocycles. The Morgan fingerprint density at radius 2 is 1.95 bits per heavy atom. The maximum Gasteiger partial charge on any atom is 0.103 e. The van der Waals surface area contributed by atoms with Gasteiger partial charge in [-0.15, -0.1) is 5.11 Å². The van der Waals surface area contributed by atoms with E-state index in [0.717, 1.165) is 24.3 Å². The molecule has 1 aliphatic rings. The van der Waals surface area contributed by atoms with E-state index in [-0.39, 0.29) is 6.61 Å². The molecule has 0 amide bonds. The van der Waals surface area contributed by atoms with Gasteiger partial charge in [-0.05, 0) is 37.8 Å². The zero-order chi connectivity index (χ0) is 14.0. The van der Waals surface area contributed by atoms with Crippen LogP contribution in [-0.4, -0.2) is 29.8 Å². The summed E-state index contributed by atoms with van der Waals surface area (Å²) in [5, 5.41) is 19.4. The summed E-state index contributed by atoms with van der Waals surface area (Å²) >= 11 is 0. The molecule has 1 heterocycles. The number of benzene rings is 1. The van der Waals surface area contributed by atoms with Crippen LogP contribution in [0.3, 0.4) is 0 Å². The monoisotopic (exact) mass is 271 g/mol. The second kappa shape index (κ2) is 8.34. The van der Waals surface area contributed by atoms with Gasteiger partial charge < -0.3 is 5.11 Å². The summed E-state index contributed by atoms with van der Waals surface area (Å²) in [5.74, 6) is 6.16. The van der Waals surface area contributed by atoms with Crippen LogP contribution in [0, 0.1) is 11.8 Å². The van der Waals surface area contributed by atoms with Crippen LogP contribution in [0.1, 0.15) is 37.7 Å². The summed E-state index contributed by atoms with van der Waals surface area (Å²) in [4.78, 5) is 0. The van der Waals surface area contributed by atoms with Crippen molar-refractivity contribution in [2.45, 2.75) is 32.1 Å². The van der Waals surface area contributed by atoms with E-state index in [1.165, 1.54) is 19.3 Å². The first kappa shape index (κ1) is 14.5. The molecule has 4 nitrogen and oxygen atoms in total. The summed E-state index contributed by atoms with van der Waals surface area (Å²) in [6, 6.07) is 7.79. The first-order chi connectivity index (χ1) is 9.90. The molecule has 106 valence electrons. The molecule has 0 unspecified atom stereocenters.